The summed E-state index contributed by atoms with van der Waals surface area (Å²) in [6.07, 6.45) is 3.36. The van der Waals surface area contributed by atoms with Crippen molar-refractivity contribution >= 4 is 29.3 Å². The molecule has 37 heavy (non-hydrogen) atoms. The standard InChI is InChI=1S/C29H30N4O4/c34-25(30-15-18-14-19(17-30)23-10-5-11-26(35)32(23)16-18)12-13-31-27-20-6-1-2-7-21(20)29(37)33(27)24-9-4-3-8-22(24)28(31)36/h1-4,6-9,18-19,23,27H,5,10-17H2/t18-,19+,23+,27+/m1/s1. The fourth-order valence-electron chi connectivity index (χ4n) is 7.39. The zero-order valence-corrected chi connectivity index (χ0v) is 20.7. The number of nitrogens with zero attached hydrogens (tertiary/aromatic N) is 4. The lowest BCUT2D eigenvalue weighted by Crippen LogP contribution is -2.61. The highest BCUT2D eigenvalue weighted by atomic mass is 16.2. The molecule has 190 valence electrons. The van der Waals surface area contributed by atoms with Gasteiger partial charge in [-0.3, -0.25) is 24.1 Å². The highest BCUT2D eigenvalue weighted by Crippen LogP contribution is 2.45. The van der Waals surface area contributed by atoms with Crippen LogP contribution in [0.3, 0.4) is 0 Å². The van der Waals surface area contributed by atoms with Gasteiger partial charge in [0.15, 0.2) is 0 Å². The summed E-state index contributed by atoms with van der Waals surface area (Å²) in [6.45, 7) is 2.34. The van der Waals surface area contributed by atoms with Crippen LogP contribution < -0.4 is 4.90 Å². The van der Waals surface area contributed by atoms with E-state index in [9.17, 15) is 19.2 Å². The van der Waals surface area contributed by atoms with E-state index >= 15 is 0 Å². The van der Waals surface area contributed by atoms with E-state index in [4.69, 9.17) is 0 Å². The quantitative estimate of drug-likeness (QED) is 0.652. The number of benzene rings is 2. The van der Waals surface area contributed by atoms with Crippen molar-refractivity contribution in [3.8, 4) is 0 Å². The van der Waals surface area contributed by atoms with Crippen molar-refractivity contribution in [1.82, 2.24) is 14.7 Å². The number of para-hydroxylation sites is 1. The Balaban J connectivity index is 1.12. The predicted molar refractivity (Wildman–Crippen MR) is 136 cm³/mol. The zero-order valence-electron chi connectivity index (χ0n) is 20.7. The van der Waals surface area contributed by atoms with Crippen molar-refractivity contribution in [3.63, 3.8) is 0 Å². The predicted octanol–water partition coefficient (Wildman–Crippen LogP) is 3.05. The molecule has 2 bridgehead atoms. The molecule has 3 saturated heterocycles. The van der Waals surface area contributed by atoms with E-state index in [-0.39, 0.29) is 42.6 Å². The number of carbonyl (C=O) groups is 4. The molecular weight excluding hydrogens is 468 g/mol. The van der Waals surface area contributed by atoms with Crippen LogP contribution in [0.4, 0.5) is 5.69 Å². The zero-order chi connectivity index (χ0) is 25.3. The van der Waals surface area contributed by atoms with Crippen molar-refractivity contribution in [2.24, 2.45) is 11.8 Å². The number of likely N-dealkylation sites (tertiary alicyclic amines) is 1. The minimum absolute atomic E-state index is 0.0427. The Morgan fingerprint density at radius 2 is 1.68 bits per heavy atom. The van der Waals surface area contributed by atoms with Crippen LogP contribution in [0.15, 0.2) is 48.5 Å². The van der Waals surface area contributed by atoms with Crippen molar-refractivity contribution in [1.29, 1.82) is 0 Å². The van der Waals surface area contributed by atoms with Crippen molar-refractivity contribution in [3.05, 3.63) is 65.2 Å². The van der Waals surface area contributed by atoms with Crippen molar-refractivity contribution < 1.29 is 19.2 Å². The fraction of sp³-hybridized carbons (Fsp3) is 0.448. The number of fused-ring (bicyclic) bond motifs is 9. The Morgan fingerprint density at radius 1 is 0.892 bits per heavy atom. The number of carbonyl (C=O) groups excluding carboxylic acids is 4. The van der Waals surface area contributed by atoms with Gasteiger partial charge in [-0.05, 0) is 49.3 Å². The Hall–Kier alpha value is -3.68. The van der Waals surface area contributed by atoms with E-state index in [0.717, 1.165) is 31.4 Å². The minimum Gasteiger partial charge on any atom is -0.342 e. The molecule has 8 heteroatoms. The third-order valence-electron chi connectivity index (χ3n) is 8.98. The molecule has 0 spiro atoms. The van der Waals surface area contributed by atoms with Crippen molar-refractivity contribution in [2.75, 3.05) is 31.1 Å². The molecule has 0 N–H and O–H groups in total. The van der Waals surface area contributed by atoms with Gasteiger partial charge in [-0.2, -0.15) is 0 Å². The lowest BCUT2D eigenvalue weighted by atomic mass is 9.76. The summed E-state index contributed by atoms with van der Waals surface area (Å²) in [7, 11) is 0. The van der Waals surface area contributed by atoms with Crippen LogP contribution in [-0.4, -0.2) is 70.5 Å². The molecule has 4 atom stereocenters. The third kappa shape index (κ3) is 3.41. The monoisotopic (exact) mass is 498 g/mol. The summed E-state index contributed by atoms with van der Waals surface area (Å²) in [5, 5.41) is 0. The summed E-state index contributed by atoms with van der Waals surface area (Å²) in [5.41, 5.74) is 2.51. The summed E-state index contributed by atoms with van der Waals surface area (Å²) < 4.78 is 0. The van der Waals surface area contributed by atoms with Crippen LogP contribution in [-0.2, 0) is 9.59 Å². The van der Waals surface area contributed by atoms with Gasteiger partial charge in [-0.1, -0.05) is 30.3 Å². The van der Waals surface area contributed by atoms with Gasteiger partial charge in [-0.15, -0.1) is 0 Å². The van der Waals surface area contributed by atoms with E-state index in [2.05, 4.69) is 4.90 Å². The average Bonchev–Trinajstić information content (AvgIpc) is 3.21. The number of amides is 4. The topological polar surface area (TPSA) is 81.2 Å². The minimum atomic E-state index is -0.540. The average molecular weight is 499 g/mol. The van der Waals surface area contributed by atoms with Crippen LogP contribution >= 0.6 is 0 Å². The van der Waals surface area contributed by atoms with Gasteiger partial charge in [-0.25, -0.2) is 0 Å². The molecule has 7 rings (SSSR count). The van der Waals surface area contributed by atoms with Gasteiger partial charge in [0.2, 0.25) is 11.8 Å². The van der Waals surface area contributed by atoms with Crippen LogP contribution in [0.25, 0.3) is 0 Å². The number of piperidine rings is 3. The molecule has 5 heterocycles. The second-order valence-corrected chi connectivity index (χ2v) is 11.1. The molecule has 3 fully saturated rings. The van der Waals surface area contributed by atoms with Gasteiger partial charge in [0.1, 0.15) is 6.17 Å². The van der Waals surface area contributed by atoms with E-state index in [1.165, 1.54) is 0 Å². The van der Waals surface area contributed by atoms with Gasteiger partial charge in [0, 0.05) is 56.2 Å². The van der Waals surface area contributed by atoms with Crippen LogP contribution in [0.5, 0.6) is 0 Å². The molecule has 0 aliphatic carbocycles. The molecule has 0 saturated carbocycles. The number of anilines is 1. The van der Waals surface area contributed by atoms with Crippen LogP contribution in [0.2, 0.25) is 0 Å². The van der Waals surface area contributed by atoms with E-state index in [1.807, 2.05) is 35.2 Å². The molecular formula is C29H30N4O4. The number of hydrogen-bond donors (Lipinski definition) is 0. The molecule has 0 radical (unpaired) electrons. The Labute approximate surface area is 215 Å². The van der Waals surface area contributed by atoms with Gasteiger partial charge < -0.3 is 14.7 Å². The molecule has 4 amide bonds. The second-order valence-electron chi connectivity index (χ2n) is 11.1. The lowest BCUT2D eigenvalue weighted by Gasteiger charge is -2.52. The first kappa shape index (κ1) is 22.5. The van der Waals surface area contributed by atoms with Crippen LogP contribution in [0, 0.1) is 11.8 Å². The second kappa shape index (κ2) is 8.43. The lowest BCUT2D eigenvalue weighted by molar-refractivity contribution is -0.148. The Morgan fingerprint density at radius 3 is 2.54 bits per heavy atom. The van der Waals surface area contributed by atoms with Gasteiger partial charge in [0.25, 0.3) is 11.8 Å². The van der Waals surface area contributed by atoms with Crippen molar-refractivity contribution in [2.45, 2.75) is 44.3 Å². The van der Waals surface area contributed by atoms with E-state index in [0.29, 0.717) is 48.2 Å². The van der Waals surface area contributed by atoms with E-state index in [1.54, 1.807) is 28.0 Å². The highest BCUT2D eigenvalue weighted by Gasteiger charge is 2.48. The summed E-state index contributed by atoms with van der Waals surface area (Å²) >= 11 is 0. The maximum atomic E-state index is 13.6. The van der Waals surface area contributed by atoms with Gasteiger partial charge >= 0.3 is 0 Å². The highest BCUT2D eigenvalue weighted by molar-refractivity contribution is 6.16. The largest absolute Gasteiger partial charge is 0.342 e. The molecule has 5 aliphatic heterocycles. The van der Waals surface area contributed by atoms with Crippen LogP contribution in [0.1, 0.15) is 64.5 Å². The first-order valence-corrected chi connectivity index (χ1v) is 13.4. The fourth-order valence-corrected chi connectivity index (χ4v) is 7.39. The molecule has 2 aromatic rings. The normalized spacial score (nSPS) is 28.1. The molecule has 5 aliphatic rings. The Kier molecular flexibility index (Phi) is 5.13. The number of rotatable bonds is 3. The molecule has 8 nitrogen and oxygen atoms in total. The molecule has 0 unspecified atom stereocenters. The molecule has 0 aromatic heterocycles. The number of hydrogen-bond acceptors (Lipinski definition) is 4. The third-order valence-corrected chi connectivity index (χ3v) is 8.98. The summed E-state index contributed by atoms with van der Waals surface area (Å²) in [6, 6.07) is 14.9. The van der Waals surface area contributed by atoms with E-state index < -0.39 is 6.17 Å². The molecule has 2 aromatic carbocycles. The summed E-state index contributed by atoms with van der Waals surface area (Å²) in [4.78, 5) is 60.4. The maximum absolute atomic E-state index is 13.6. The van der Waals surface area contributed by atoms with Gasteiger partial charge in [0.05, 0.1) is 11.3 Å². The SMILES string of the molecule is O=C(CCN1C(=O)c2ccccc2N2C(=O)c3ccccc3[C@@H]12)N1C[C@H]2C[C@@H](C1)[C@@H]1CCCC(=O)N1C2. The first-order valence-electron chi connectivity index (χ1n) is 13.4. The maximum Gasteiger partial charge on any atom is 0.260 e. The summed E-state index contributed by atoms with van der Waals surface area (Å²) in [5.74, 6) is 0.693. The smallest absolute Gasteiger partial charge is 0.260 e. The first-order chi connectivity index (χ1) is 18.0. The Bertz CT molecular complexity index is 1320.